The molecule has 2 heterocycles. The van der Waals surface area contributed by atoms with Crippen molar-refractivity contribution in [2.24, 2.45) is 11.7 Å². The fourth-order valence-electron chi connectivity index (χ4n) is 3.03. The average molecular weight is 321 g/mol. The van der Waals surface area contributed by atoms with E-state index in [-0.39, 0.29) is 23.9 Å². The lowest BCUT2D eigenvalue weighted by Crippen LogP contribution is -2.49. The molecule has 6 heteroatoms. The van der Waals surface area contributed by atoms with Crippen LogP contribution in [0.15, 0.2) is 17.5 Å². The lowest BCUT2D eigenvalue weighted by Gasteiger charge is -2.24. The molecule has 1 aliphatic carbocycles. The van der Waals surface area contributed by atoms with Gasteiger partial charge in [-0.15, -0.1) is 11.3 Å². The molecule has 2 aliphatic rings. The van der Waals surface area contributed by atoms with Crippen LogP contribution in [-0.4, -0.2) is 41.9 Å². The molecular formula is C16H23N3O2S. The molecule has 2 amide bonds. The molecular weight excluding hydrogens is 298 g/mol. The lowest BCUT2D eigenvalue weighted by atomic mass is 10.1. The van der Waals surface area contributed by atoms with Gasteiger partial charge in [-0.3, -0.25) is 9.59 Å². The molecule has 1 aromatic heterocycles. The molecule has 1 saturated carbocycles. The zero-order chi connectivity index (χ0) is 15.5. The Kier molecular flexibility index (Phi) is 4.78. The van der Waals surface area contributed by atoms with Crippen molar-refractivity contribution in [2.45, 2.75) is 44.2 Å². The molecule has 5 nitrogen and oxygen atoms in total. The molecule has 0 bridgehead atoms. The van der Waals surface area contributed by atoms with Gasteiger partial charge in [0.15, 0.2) is 0 Å². The van der Waals surface area contributed by atoms with E-state index in [0.29, 0.717) is 25.4 Å². The van der Waals surface area contributed by atoms with Crippen molar-refractivity contribution in [2.75, 3.05) is 13.1 Å². The number of nitrogens with two attached hydrogens (primary N) is 1. The van der Waals surface area contributed by atoms with Crippen molar-refractivity contribution < 1.29 is 9.59 Å². The van der Waals surface area contributed by atoms with Crippen molar-refractivity contribution in [3.05, 3.63) is 22.4 Å². The van der Waals surface area contributed by atoms with Crippen molar-refractivity contribution in [3.8, 4) is 0 Å². The normalized spacial score (nSPS) is 22.6. The minimum atomic E-state index is -0.320. The van der Waals surface area contributed by atoms with Crippen molar-refractivity contribution in [3.63, 3.8) is 0 Å². The monoisotopic (exact) mass is 321 g/mol. The van der Waals surface area contributed by atoms with Crippen LogP contribution in [0.3, 0.4) is 0 Å². The minimum absolute atomic E-state index is 0.0478. The van der Waals surface area contributed by atoms with Gasteiger partial charge in [0, 0.05) is 24.0 Å². The molecule has 22 heavy (non-hydrogen) atoms. The highest BCUT2D eigenvalue weighted by atomic mass is 32.1. The molecule has 3 rings (SSSR count). The summed E-state index contributed by atoms with van der Waals surface area (Å²) < 4.78 is 0. The summed E-state index contributed by atoms with van der Waals surface area (Å²) in [4.78, 5) is 27.5. The van der Waals surface area contributed by atoms with Crippen LogP contribution in [-0.2, 0) is 16.0 Å². The predicted octanol–water partition coefficient (Wildman–Crippen LogP) is 1.14. The summed E-state index contributed by atoms with van der Waals surface area (Å²) in [5.41, 5.74) is 6.02. The lowest BCUT2D eigenvalue weighted by molar-refractivity contribution is -0.137. The number of nitrogens with one attached hydrogen (secondary N) is 1. The van der Waals surface area contributed by atoms with Gasteiger partial charge in [0.1, 0.15) is 6.04 Å². The zero-order valence-corrected chi connectivity index (χ0v) is 13.5. The Morgan fingerprint density at radius 2 is 2.23 bits per heavy atom. The van der Waals surface area contributed by atoms with Gasteiger partial charge in [-0.2, -0.15) is 0 Å². The van der Waals surface area contributed by atoms with E-state index in [1.165, 1.54) is 12.8 Å². The number of carbonyl (C=O) groups excluding carboxylic acids is 2. The molecule has 1 aliphatic heterocycles. The summed E-state index contributed by atoms with van der Waals surface area (Å²) >= 11 is 1.58. The second kappa shape index (κ2) is 6.79. The molecule has 1 saturated heterocycles. The van der Waals surface area contributed by atoms with Gasteiger partial charge in [-0.1, -0.05) is 6.07 Å². The Morgan fingerprint density at radius 1 is 1.41 bits per heavy atom. The standard InChI is InChI=1S/C16H23N3O2S/c17-13(11-5-6-11)10-18-16(21)14-4-1-7-19(14)15(20)9-12-3-2-8-22-12/h2-3,8,11,13-14H,1,4-7,9-10,17H2,(H,18,21). The smallest absolute Gasteiger partial charge is 0.242 e. The number of amides is 2. The summed E-state index contributed by atoms with van der Waals surface area (Å²) in [6.07, 6.45) is 4.38. The third kappa shape index (κ3) is 3.67. The van der Waals surface area contributed by atoms with E-state index >= 15 is 0 Å². The van der Waals surface area contributed by atoms with Gasteiger partial charge in [0.2, 0.25) is 11.8 Å². The van der Waals surface area contributed by atoms with Gasteiger partial charge >= 0.3 is 0 Å². The number of hydrogen-bond acceptors (Lipinski definition) is 4. The maximum absolute atomic E-state index is 12.4. The Hall–Kier alpha value is -1.40. The summed E-state index contributed by atoms with van der Waals surface area (Å²) in [5, 5.41) is 4.90. The number of rotatable bonds is 6. The van der Waals surface area contributed by atoms with Crippen LogP contribution in [0, 0.1) is 5.92 Å². The first-order valence-electron chi connectivity index (χ1n) is 8.00. The number of nitrogens with zero attached hydrogens (tertiary/aromatic N) is 1. The Balaban J connectivity index is 1.52. The van der Waals surface area contributed by atoms with E-state index in [2.05, 4.69) is 5.32 Å². The summed E-state index contributed by atoms with van der Waals surface area (Å²) in [6, 6.07) is 3.64. The third-order valence-corrected chi connectivity index (χ3v) is 5.40. The number of likely N-dealkylation sites (tertiary alicyclic amines) is 1. The molecule has 2 unspecified atom stereocenters. The maximum atomic E-state index is 12.4. The quantitative estimate of drug-likeness (QED) is 0.825. The van der Waals surface area contributed by atoms with Gasteiger partial charge < -0.3 is 16.0 Å². The first kappa shape index (κ1) is 15.5. The highest BCUT2D eigenvalue weighted by Crippen LogP contribution is 2.31. The summed E-state index contributed by atoms with van der Waals surface area (Å²) in [7, 11) is 0. The molecule has 0 radical (unpaired) electrons. The van der Waals surface area contributed by atoms with Gasteiger partial charge in [-0.25, -0.2) is 0 Å². The summed E-state index contributed by atoms with van der Waals surface area (Å²) in [6.45, 7) is 1.20. The molecule has 3 N–H and O–H groups in total. The largest absolute Gasteiger partial charge is 0.353 e. The van der Waals surface area contributed by atoms with Crippen LogP contribution in [0.4, 0.5) is 0 Å². The predicted molar refractivity (Wildman–Crippen MR) is 86.5 cm³/mol. The Morgan fingerprint density at radius 3 is 2.91 bits per heavy atom. The molecule has 0 aromatic carbocycles. The van der Waals surface area contributed by atoms with Crippen LogP contribution in [0.25, 0.3) is 0 Å². The van der Waals surface area contributed by atoms with Crippen LogP contribution in [0.2, 0.25) is 0 Å². The maximum Gasteiger partial charge on any atom is 0.242 e. The first-order chi connectivity index (χ1) is 10.6. The first-order valence-corrected chi connectivity index (χ1v) is 8.88. The van der Waals surface area contributed by atoms with E-state index in [1.807, 2.05) is 17.5 Å². The molecule has 0 spiro atoms. The van der Waals surface area contributed by atoms with E-state index in [0.717, 1.165) is 17.7 Å². The summed E-state index contributed by atoms with van der Waals surface area (Å²) in [5.74, 6) is 0.570. The van der Waals surface area contributed by atoms with E-state index in [9.17, 15) is 9.59 Å². The highest BCUT2D eigenvalue weighted by molar-refractivity contribution is 7.10. The van der Waals surface area contributed by atoms with Crippen LogP contribution >= 0.6 is 11.3 Å². The molecule has 120 valence electrons. The Labute approximate surface area is 134 Å². The van der Waals surface area contributed by atoms with E-state index in [1.54, 1.807) is 16.2 Å². The van der Waals surface area contributed by atoms with Crippen LogP contribution in [0.5, 0.6) is 0 Å². The third-order valence-electron chi connectivity index (χ3n) is 4.52. The van der Waals surface area contributed by atoms with Crippen molar-refractivity contribution >= 4 is 23.2 Å². The van der Waals surface area contributed by atoms with Gasteiger partial charge in [-0.05, 0) is 43.0 Å². The Bertz CT molecular complexity index is 528. The van der Waals surface area contributed by atoms with Crippen LogP contribution < -0.4 is 11.1 Å². The highest BCUT2D eigenvalue weighted by Gasteiger charge is 2.35. The van der Waals surface area contributed by atoms with E-state index in [4.69, 9.17) is 5.73 Å². The van der Waals surface area contributed by atoms with Gasteiger partial charge in [0.25, 0.3) is 0 Å². The second-order valence-corrected chi connectivity index (χ2v) is 7.28. The minimum Gasteiger partial charge on any atom is -0.353 e. The topological polar surface area (TPSA) is 75.4 Å². The van der Waals surface area contributed by atoms with Crippen LogP contribution in [0.1, 0.15) is 30.6 Å². The molecule has 2 atom stereocenters. The van der Waals surface area contributed by atoms with E-state index < -0.39 is 0 Å². The fourth-order valence-corrected chi connectivity index (χ4v) is 3.72. The number of carbonyl (C=O) groups is 2. The zero-order valence-electron chi connectivity index (χ0n) is 12.7. The van der Waals surface area contributed by atoms with Gasteiger partial charge in [0.05, 0.1) is 6.42 Å². The van der Waals surface area contributed by atoms with Crippen molar-refractivity contribution in [1.29, 1.82) is 0 Å². The number of thiophene rings is 1. The number of hydrogen-bond donors (Lipinski definition) is 2. The fraction of sp³-hybridized carbons (Fsp3) is 0.625. The molecule has 1 aromatic rings. The van der Waals surface area contributed by atoms with Crippen molar-refractivity contribution in [1.82, 2.24) is 10.2 Å². The molecule has 2 fully saturated rings. The SMILES string of the molecule is NC(CNC(=O)C1CCCN1C(=O)Cc1cccs1)C1CC1. The second-order valence-electron chi connectivity index (χ2n) is 6.25. The average Bonchev–Trinajstić information content (AvgIpc) is 3.02.